The first kappa shape index (κ1) is 23.3. The van der Waals surface area contributed by atoms with Crippen molar-refractivity contribution in [3.63, 3.8) is 0 Å². The summed E-state index contributed by atoms with van der Waals surface area (Å²) in [5, 5.41) is 3.22. The highest BCUT2D eigenvalue weighted by Gasteiger charge is 2.34. The van der Waals surface area contributed by atoms with Crippen molar-refractivity contribution < 1.29 is 13.9 Å². The lowest BCUT2D eigenvalue weighted by molar-refractivity contribution is 0.0376. The molecule has 0 unspecified atom stereocenters. The maximum Gasteiger partial charge on any atom is 0.188 e. The van der Waals surface area contributed by atoms with Crippen LogP contribution < -0.4 is 11.1 Å². The number of nitrogens with two attached hydrogens (primary N) is 1. The van der Waals surface area contributed by atoms with Crippen LogP contribution in [0.3, 0.4) is 0 Å². The predicted molar refractivity (Wildman–Crippen MR) is 120 cm³/mol. The molecule has 2 heterocycles. The first-order valence-electron chi connectivity index (χ1n) is 9.86. The molecule has 0 saturated carbocycles. The lowest BCUT2D eigenvalue weighted by atomic mass is 9.74. The summed E-state index contributed by atoms with van der Waals surface area (Å²) in [7, 11) is 0. The number of rotatable bonds is 7. The van der Waals surface area contributed by atoms with Gasteiger partial charge in [-0.2, -0.15) is 0 Å². The van der Waals surface area contributed by atoms with Gasteiger partial charge in [-0.05, 0) is 43.5 Å². The molecule has 3 rings (SSSR count). The number of nitrogens with one attached hydrogen (secondary N) is 1. The van der Waals surface area contributed by atoms with Crippen molar-refractivity contribution in [1.29, 1.82) is 0 Å². The first-order valence-corrected chi connectivity index (χ1v) is 9.86. The van der Waals surface area contributed by atoms with E-state index in [9.17, 15) is 4.39 Å². The first-order chi connectivity index (χ1) is 13.2. The van der Waals surface area contributed by atoms with Gasteiger partial charge in [0.15, 0.2) is 5.96 Å². The standard InChI is InChI=1S/C20H31FN4O2.HI/c21-18-4-2-17(3-5-18)20(6-12-26-13-7-20)16-24-19(22)23-8-1-9-25-10-14-27-15-11-25;/h2-5H,1,6-16H2,(H3,22,23,24);1H. The number of ether oxygens (including phenoxy) is 2. The van der Waals surface area contributed by atoms with E-state index in [-0.39, 0.29) is 35.2 Å². The summed E-state index contributed by atoms with van der Waals surface area (Å²) < 4.78 is 24.2. The zero-order valence-electron chi connectivity index (χ0n) is 16.4. The second-order valence-corrected chi connectivity index (χ2v) is 7.34. The Balaban J connectivity index is 0.00000280. The molecule has 0 atom stereocenters. The van der Waals surface area contributed by atoms with Crippen molar-refractivity contribution in [3.8, 4) is 0 Å². The average molecular weight is 506 g/mol. The molecule has 28 heavy (non-hydrogen) atoms. The SMILES string of the molecule is I.NC(=NCC1(c2ccc(F)cc2)CCOCC1)NCCCN1CCOCC1. The second-order valence-electron chi connectivity index (χ2n) is 7.34. The van der Waals surface area contributed by atoms with E-state index in [1.165, 1.54) is 12.1 Å². The molecule has 158 valence electrons. The lowest BCUT2D eigenvalue weighted by Crippen LogP contribution is -2.40. The third-order valence-corrected chi connectivity index (χ3v) is 5.52. The molecule has 2 aliphatic heterocycles. The molecular weight excluding hydrogens is 474 g/mol. The molecular formula is C20H32FIN4O2. The Morgan fingerprint density at radius 3 is 2.43 bits per heavy atom. The Labute approximate surface area is 184 Å². The van der Waals surface area contributed by atoms with Crippen molar-refractivity contribution in [2.45, 2.75) is 24.7 Å². The second kappa shape index (κ2) is 11.9. The molecule has 0 bridgehead atoms. The molecule has 1 aromatic carbocycles. The molecule has 0 aromatic heterocycles. The van der Waals surface area contributed by atoms with Crippen LogP contribution in [0.25, 0.3) is 0 Å². The fourth-order valence-corrected chi connectivity index (χ4v) is 3.74. The van der Waals surface area contributed by atoms with E-state index in [1.807, 2.05) is 12.1 Å². The van der Waals surface area contributed by atoms with Crippen LogP contribution in [0.1, 0.15) is 24.8 Å². The minimum Gasteiger partial charge on any atom is -0.381 e. The van der Waals surface area contributed by atoms with Crippen molar-refractivity contribution >= 4 is 29.9 Å². The summed E-state index contributed by atoms with van der Waals surface area (Å²) in [6.45, 7) is 7.49. The fraction of sp³-hybridized carbons (Fsp3) is 0.650. The fourth-order valence-electron chi connectivity index (χ4n) is 3.74. The number of morpholine rings is 1. The van der Waals surface area contributed by atoms with E-state index in [1.54, 1.807) is 0 Å². The third kappa shape index (κ3) is 6.82. The van der Waals surface area contributed by atoms with Gasteiger partial charge in [-0.25, -0.2) is 4.39 Å². The molecule has 6 nitrogen and oxygen atoms in total. The number of guanidine groups is 1. The number of hydrogen-bond acceptors (Lipinski definition) is 4. The maximum absolute atomic E-state index is 13.3. The zero-order chi connectivity index (χ0) is 19.0. The molecule has 0 radical (unpaired) electrons. The summed E-state index contributed by atoms with van der Waals surface area (Å²) in [6.07, 6.45) is 2.76. The monoisotopic (exact) mass is 506 g/mol. The van der Waals surface area contributed by atoms with E-state index in [2.05, 4.69) is 15.2 Å². The third-order valence-electron chi connectivity index (χ3n) is 5.52. The largest absolute Gasteiger partial charge is 0.381 e. The summed E-state index contributed by atoms with van der Waals surface area (Å²) in [4.78, 5) is 7.01. The van der Waals surface area contributed by atoms with Gasteiger partial charge in [-0.15, -0.1) is 24.0 Å². The van der Waals surface area contributed by atoms with Gasteiger partial charge >= 0.3 is 0 Å². The number of benzene rings is 1. The molecule has 0 aliphatic carbocycles. The summed E-state index contributed by atoms with van der Waals surface area (Å²) in [5.74, 6) is 0.260. The predicted octanol–water partition coefficient (Wildman–Crippen LogP) is 2.12. The molecule has 8 heteroatoms. The molecule has 2 fully saturated rings. The van der Waals surface area contributed by atoms with Gasteiger partial charge in [-0.3, -0.25) is 9.89 Å². The number of hydrogen-bond donors (Lipinski definition) is 2. The number of aliphatic imine (C=N–C) groups is 1. The van der Waals surface area contributed by atoms with Gasteiger partial charge in [-0.1, -0.05) is 12.1 Å². The van der Waals surface area contributed by atoms with E-state index in [4.69, 9.17) is 15.2 Å². The Morgan fingerprint density at radius 1 is 1.11 bits per heavy atom. The smallest absolute Gasteiger partial charge is 0.188 e. The maximum atomic E-state index is 13.3. The molecule has 2 aliphatic rings. The normalized spacial score (nSPS) is 20.4. The quantitative estimate of drug-likeness (QED) is 0.257. The van der Waals surface area contributed by atoms with Crippen LogP contribution in [0, 0.1) is 5.82 Å². The Morgan fingerprint density at radius 2 is 1.75 bits per heavy atom. The average Bonchev–Trinajstić information content (AvgIpc) is 2.72. The topological polar surface area (TPSA) is 72.1 Å². The van der Waals surface area contributed by atoms with E-state index >= 15 is 0 Å². The van der Waals surface area contributed by atoms with Crippen LogP contribution in [0.4, 0.5) is 4.39 Å². The van der Waals surface area contributed by atoms with Crippen LogP contribution in [-0.4, -0.2) is 70.0 Å². The highest BCUT2D eigenvalue weighted by Crippen LogP contribution is 2.35. The highest BCUT2D eigenvalue weighted by atomic mass is 127. The zero-order valence-corrected chi connectivity index (χ0v) is 18.7. The summed E-state index contributed by atoms with van der Waals surface area (Å²) in [6, 6.07) is 6.76. The van der Waals surface area contributed by atoms with Crippen LogP contribution >= 0.6 is 24.0 Å². The van der Waals surface area contributed by atoms with Crippen LogP contribution in [0.15, 0.2) is 29.3 Å². The summed E-state index contributed by atoms with van der Waals surface area (Å²) in [5.41, 5.74) is 7.06. The molecule has 1 aromatic rings. The number of halogens is 2. The van der Waals surface area contributed by atoms with Gasteiger partial charge in [0, 0.05) is 38.3 Å². The molecule has 2 saturated heterocycles. The van der Waals surface area contributed by atoms with Crippen LogP contribution in [0.5, 0.6) is 0 Å². The van der Waals surface area contributed by atoms with Gasteiger partial charge in [0.1, 0.15) is 5.82 Å². The van der Waals surface area contributed by atoms with Crippen LogP contribution in [0.2, 0.25) is 0 Å². The molecule has 3 N–H and O–H groups in total. The van der Waals surface area contributed by atoms with Crippen molar-refractivity contribution in [3.05, 3.63) is 35.6 Å². The van der Waals surface area contributed by atoms with Gasteiger partial charge < -0.3 is 20.5 Å². The van der Waals surface area contributed by atoms with Crippen molar-refractivity contribution in [2.24, 2.45) is 10.7 Å². The van der Waals surface area contributed by atoms with E-state index in [0.717, 1.165) is 64.2 Å². The Hall–Kier alpha value is -0.970. The van der Waals surface area contributed by atoms with Gasteiger partial charge in [0.2, 0.25) is 0 Å². The van der Waals surface area contributed by atoms with Crippen molar-refractivity contribution in [2.75, 3.05) is 59.2 Å². The minimum absolute atomic E-state index is 0. The van der Waals surface area contributed by atoms with E-state index in [0.29, 0.717) is 25.7 Å². The van der Waals surface area contributed by atoms with Crippen LogP contribution in [-0.2, 0) is 14.9 Å². The molecule has 0 spiro atoms. The van der Waals surface area contributed by atoms with E-state index < -0.39 is 0 Å². The van der Waals surface area contributed by atoms with Crippen molar-refractivity contribution in [1.82, 2.24) is 10.2 Å². The van der Waals surface area contributed by atoms with Gasteiger partial charge in [0.05, 0.1) is 19.8 Å². The Kier molecular flexibility index (Phi) is 9.90. The minimum atomic E-state index is -0.217. The highest BCUT2D eigenvalue weighted by molar-refractivity contribution is 14.0. The van der Waals surface area contributed by atoms with Gasteiger partial charge in [0.25, 0.3) is 0 Å². The summed E-state index contributed by atoms with van der Waals surface area (Å²) >= 11 is 0. The Bertz CT molecular complexity index is 603. The molecule has 0 amide bonds. The number of nitrogens with zero attached hydrogens (tertiary/aromatic N) is 2. The lowest BCUT2D eigenvalue weighted by Gasteiger charge is -2.36.